The predicted molar refractivity (Wildman–Crippen MR) is 98.0 cm³/mol. The summed E-state index contributed by atoms with van der Waals surface area (Å²) in [5.74, 6) is 0.727. The Labute approximate surface area is 141 Å². The zero-order valence-corrected chi connectivity index (χ0v) is 14.5. The fraction of sp³-hybridized carbons (Fsp3) is 0.350. The summed E-state index contributed by atoms with van der Waals surface area (Å²) in [4.78, 5) is 14.9. The summed E-state index contributed by atoms with van der Waals surface area (Å²) in [6.07, 6.45) is 0. The van der Waals surface area contributed by atoms with Crippen LogP contribution in [0.15, 0.2) is 45.6 Å². The number of benzene rings is 2. The molecule has 1 aromatic heterocycles. The molecule has 0 amide bonds. The number of hydrogen-bond donors (Lipinski definition) is 0. The van der Waals surface area contributed by atoms with Crippen molar-refractivity contribution in [3.8, 4) is 5.75 Å². The van der Waals surface area contributed by atoms with Crippen molar-refractivity contribution in [2.24, 2.45) is 0 Å². The molecule has 0 aliphatic heterocycles. The molecule has 4 heteroatoms. The second kappa shape index (κ2) is 7.05. The van der Waals surface area contributed by atoms with Crippen LogP contribution >= 0.6 is 0 Å². The van der Waals surface area contributed by atoms with Crippen LogP contribution in [0.25, 0.3) is 21.9 Å². The van der Waals surface area contributed by atoms with Gasteiger partial charge in [0, 0.05) is 12.6 Å². The Morgan fingerprint density at radius 2 is 1.67 bits per heavy atom. The predicted octanol–water partition coefficient (Wildman–Crippen LogP) is 3.98. The molecule has 0 N–H and O–H groups in total. The lowest BCUT2D eigenvalue weighted by molar-refractivity contribution is 0.223. The van der Waals surface area contributed by atoms with E-state index in [4.69, 9.17) is 9.15 Å². The Morgan fingerprint density at radius 1 is 1.00 bits per heavy atom. The Kier molecular flexibility index (Phi) is 4.86. The highest BCUT2D eigenvalue weighted by Crippen LogP contribution is 2.23. The first-order valence-corrected chi connectivity index (χ1v) is 8.44. The summed E-state index contributed by atoms with van der Waals surface area (Å²) in [6.45, 7) is 9.78. The molecule has 0 atom stereocenters. The SMILES string of the molecule is CCN(CC)CCOc1ccc2c(=O)c3ccc(C)cc3oc2c1. The maximum atomic E-state index is 12.6. The van der Waals surface area contributed by atoms with Gasteiger partial charge in [-0.2, -0.15) is 0 Å². The molecule has 0 aliphatic rings. The summed E-state index contributed by atoms with van der Waals surface area (Å²) >= 11 is 0. The van der Waals surface area contributed by atoms with Gasteiger partial charge in [0.25, 0.3) is 0 Å². The van der Waals surface area contributed by atoms with E-state index in [-0.39, 0.29) is 5.43 Å². The molecule has 24 heavy (non-hydrogen) atoms. The lowest BCUT2D eigenvalue weighted by Gasteiger charge is -2.18. The molecule has 3 rings (SSSR count). The Morgan fingerprint density at radius 3 is 2.38 bits per heavy atom. The quantitative estimate of drug-likeness (QED) is 0.643. The second-order valence-electron chi connectivity index (χ2n) is 5.96. The van der Waals surface area contributed by atoms with Crippen LogP contribution in [0, 0.1) is 6.92 Å². The van der Waals surface area contributed by atoms with Gasteiger partial charge >= 0.3 is 0 Å². The lowest BCUT2D eigenvalue weighted by atomic mass is 10.1. The van der Waals surface area contributed by atoms with E-state index < -0.39 is 0 Å². The van der Waals surface area contributed by atoms with E-state index in [0.717, 1.165) is 30.9 Å². The second-order valence-corrected chi connectivity index (χ2v) is 5.96. The molecule has 0 saturated heterocycles. The monoisotopic (exact) mass is 325 g/mol. The summed E-state index contributed by atoms with van der Waals surface area (Å²) in [7, 11) is 0. The summed E-state index contributed by atoms with van der Waals surface area (Å²) < 4.78 is 11.7. The largest absolute Gasteiger partial charge is 0.492 e. The van der Waals surface area contributed by atoms with Gasteiger partial charge in [0.05, 0.1) is 10.8 Å². The molecule has 2 aromatic carbocycles. The van der Waals surface area contributed by atoms with Crippen molar-refractivity contribution in [1.82, 2.24) is 4.90 Å². The highest BCUT2D eigenvalue weighted by atomic mass is 16.5. The van der Waals surface area contributed by atoms with Crippen LogP contribution in [0.2, 0.25) is 0 Å². The van der Waals surface area contributed by atoms with Gasteiger partial charge in [-0.1, -0.05) is 19.9 Å². The summed E-state index contributed by atoms with van der Waals surface area (Å²) in [5, 5.41) is 1.20. The number of fused-ring (bicyclic) bond motifs is 2. The third-order valence-corrected chi connectivity index (χ3v) is 4.37. The van der Waals surface area contributed by atoms with Crippen molar-refractivity contribution in [3.63, 3.8) is 0 Å². The van der Waals surface area contributed by atoms with Gasteiger partial charge in [-0.25, -0.2) is 0 Å². The summed E-state index contributed by atoms with van der Waals surface area (Å²) in [6, 6.07) is 11.1. The first-order chi connectivity index (χ1) is 11.6. The van der Waals surface area contributed by atoms with E-state index >= 15 is 0 Å². The number of rotatable bonds is 6. The molecule has 3 aromatic rings. The minimum absolute atomic E-state index is 0.000871. The molecule has 0 bridgehead atoms. The third-order valence-electron chi connectivity index (χ3n) is 4.37. The molecular formula is C20H23NO3. The molecule has 0 spiro atoms. The zero-order chi connectivity index (χ0) is 17.1. The van der Waals surface area contributed by atoms with E-state index in [1.807, 2.05) is 31.2 Å². The Bertz CT molecular complexity index is 910. The van der Waals surface area contributed by atoms with Crippen LogP contribution in [0.5, 0.6) is 5.75 Å². The van der Waals surface area contributed by atoms with Crippen molar-refractivity contribution in [2.75, 3.05) is 26.2 Å². The summed E-state index contributed by atoms with van der Waals surface area (Å²) in [5.41, 5.74) is 2.25. The normalized spacial score (nSPS) is 11.5. The van der Waals surface area contributed by atoms with E-state index in [1.54, 1.807) is 12.1 Å². The van der Waals surface area contributed by atoms with Gasteiger partial charge < -0.3 is 14.1 Å². The number of likely N-dealkylation sites (N-methyl/N-ethyl adjacent to an activating group) is 1. The van der Waals surface area contributed by atoms with Gasteiger partial charge in [-0.05, 0) is 49.8 Å². The average Bonchev–Trinajstić information content (AvgIpc) is 2.58. The van der Waals surface area contributed by atoms with Crippen LogP contribution in [0.1, 0.15) is 19.4 Å². The van der Waals surface area contributed by atoms with E-state index in [9.17, 15) is 4.79 Å². The number of aryl methyl sites for hydroxylation is 1. The minimum Gasteiger partial charge on any atom is -0.492 e. The van der Waals surface area contributed by atoms with Crippen LogP contribution in [-0.2, 0) is 0 Å². The van der Waals surface area contributed by atoms with Gasteiger partial charge in [0.15, 0.2) is 0 Å². The minimum atomic E-state index is 0.000871. The lowest BCUT2D eigenvalue weighted by Crippen LogP contribution is -2.27. The number of nitrogens with zero attached hydrogens (tertiary/aromatic N) is 1. The van der Waals surface area contributed by atoms with Gasteiger partial charge in [-0.15, -0.1) is 0 Å². The molecular weight excluding hydrogens is 302 g/mol. The first-order valence-electron chi connectivity index (χ1n) is 8.44. The smallest absolute Gasteiger partial charge is 0.200 e. The molecule has 0 radical (unpaired) electrons. The van der Waals surface area contributed by atoms with Gasteiger partial charge in [0.2, 0.25) is 5.43 Å². The van der Waals surface area contributed by atoms with Crippen molar-refractivity contribution in [2.45, 2.75) is 20.8 Å². The van der Waals surface area contributed by atoms with Crippen molar-refractivity contribution < 1.29 is 9.15 Å². The zero-order valence-electron chi connectivity index (χ0n) is 14.5. The van der Waals surface area contributed by atoms with E-state index in [2.05, 4.69) is 18.7 Å². The third kappa shape index (κ3) is 3.29. The van der Waals surface area contributed by atoms with E-state index in [1.165, 1.54) is 0 Å². The molecule has 1 heterocycles. The molecule has 0 unspecified atom stereocenters. The van der Waals surface area contributed by atoms with Crippen LogP contribution in [-0.4, -0.2) is 31.1 Å². The fourth-order valence-electron chi connectivity index (χ4n) is 2.86. The van der Waals surface area contributed by atoms with Gasteiger partial charge in [-0.3, -0.25) is 4.79 Å². The Hall–Kier alpha value is -2.33. The van der Waals surface area contributed by atoms with Crippen molar-refractivity contribution in [1.29, 1.82) is 0 Å². The average molecular weight is 325 g/mol. The van der Waals surface area contributed by atoms with Crippen molar-refractivity contribution >= 4 is 21.9 Å². The number of hydrogen-bond acceptors (Lipinski definition) is 4. The van der Waals surface area contributed by atoms with Crippen LogP contribution in [0.4, 0.5) is 0 Å². The van der Waals surface area contributed by atoms with Gasteiger partial charge in [0.1, 0.15) is 23.5 Å². The van der Waals surface area contributed by atoms with Crippen LogP contribution in [0.3, 0.4) is 0 Å². The highest BCUT2D eigenvalue weighted by Gasteiger charge is 2.09. The topological polar surface area (TPSA) is 42.7 Å². The molecule has 0 aliphatic carbocycles. The Balaban J connectivity index is 1.90. The molecule has 0 saturated carbocycles. The standard InChI is InChI=1S/C20H23NO3/c1-4-21(5-2)10-11-23-15-7-9-17-19(13-15)24-18-12-14(3)6-8-16(18)20(17)22/h6-9,12-13H,4-5,10-11H2,1-3H3. The fourth-order valence-corrected chi connectivity index (χ4v) is 2.86. The highest BCUT2D eigenvalue weighted by molar-refractivity contribution is 5.90. The van der Waals surface area contributed by atoms with E-state index in [0.29, 0.717) is 28.5 Å². The van der Waals surface area contributed by atoms with Crippen LogP contribution < -0.4 is 10.2 Å². The molecule has 126 valence electrons. The van der Waals surface area contributed by atoms with Crippen molar-refractivity contribution in [3.05, 3.63) is 52.2 Å². The number of ether oxygens (including phenoxy) is 1. The molecule has 4 nitrogen and oxygen atoms in total. The maximum absolute atomic E-state index is 12.6. The maximum Gasteiger partial charge on any atom is 0.200 e. The first kappa shape index (κ1) is 16.5. The molecule has 0 fully saturated rings.